The maximum absolute atomic E-state index is 13.7. The highest BCUT2D eigenvalue weighted by molar-refractivity contribution is 6.30. The minimum absolute atomic E-state index is 0.124. The molecule has 1 heterocycles. The Morgan fingerprint density at radius 1 is 1.22 bits per heavy atom. The number of rotatable bonds is 4. The van der Waals surface area contributed by atoms with Gasteiger partial charge in [0.05, 0.1) is 5.69 Å². The SMILES string of the molecule is Cc1ccc(C2(C)NC(=O)N(CC(=O)Nc3cc(Cl)ccc3F)C2=O)cc1. The van der Waals surface area contributed by atoms with Crippen LogP contribution in [0.25, 0.3) is 0 Å². The molecule has 2 aromatic rings. The van der Waals surface area contributed by atoms with E-state index in [4.69, 9.17) is 11.6 Å². The van der Waals surface area contributed by atoms with E-state index in [0.29, 0.717) is 5.56 Å². The molecular weight excluding hydrogens is 373 g/mol. The number of carbonyl (C=O) groups is 3. The Morgan fingerprint density at radius 2 is 1.89 bits per heavy atom. The van der Waals surface area contributed by atoms with Gasteiger partial charge in [0.15, 0.2) is 0 Å². The van der Waals surface area contributed by atoms with Gasteiger partial charge in [-0.25, -0.2) is 9.18 Å². The van der Waals surface area contributed by atoms with Crippen LogP contribution in [0.4, 0.5) is 14.9 Å². The van der Waals surface area contributed by atoms with Crippen LogP contribution in [0.2, 0.25) is 5.02 Å². The fraction of sp³-hybridized carbons (Fsp3) is 0.211. The fourth-order valence-corrected chi connectivity index (χ4v) is 3.02. The third kappa shape index (κ3) is 3.64. The maximum Gasteiger partial charge on any atom is 0.325 e. The minimum atomic E-state index is -1.27. The number of amides is 4. The van der Waals surface area contributed by atoms with Gasteiger partial charge < -0.3 is 10.6 Å². The lowest BCUT2D eigenvalue weighted by Gasteiger charge is -2.22. The summed E-state index contributed by atoms with van der Waals surface area (Å²) in [6, 6.07) is 10.2. The normalized spacial score (nSPS) is 19.2. The number of hydrogen-bond donors (Lipinski definition) is 2. The summed E-state index contributed by atoms with van der Waals surface area (Å²) in [6.45, 7) is 2.94. The zero-order chi connectivity index (χ0) is 19.8. The van der Waals surface area contributed by atoms with Gasteiger partial charge in [-0.05, 0) is 37.6 Å². The van der Waals surface area contributed by atoms with E-state index in [-0.39, 0.29) is 10.7 Å². The lowest BCUT2D eigenvalue weighted by atomic mass is 9.91. The van der Waals surface area contributed by atoms with E-state index in [0.717, 1.165) is 16.5 Å². The molecule has 140 valence electrons. The number of nitrogens with one attached hydrogen (secondary N) is 2. The second kappa shape index (κ2) is 7.00. The monoisotopic (exact) mass is 389 g/mol. The van der Waals surface area contributed by atoms with Crippen molar-refractivity contribution < 1.29 is 18.8 Å². The van der Waals surface area contributed by atoms with Crippen molar-refractivity contribution in [2.75, 3.05) is 11.9 Å². The van der Waals surface area contributed by atoms with Crippen LogP contribution >= 0.6 is 11.6 Å². The number of halogens is 2. The third-order valence-corrected chi connectivity index (χ3v) is 4.64. The standard InChI is InChI=1S/C19H17ClFN3O3/c1-11-3-5-12(6-4-11)19(2)17(26)24(18(27)23-19)10-16(25)22-15-9-13(20)7-8-14(15)21/h3-9H,10H2,1-2H3,(H,22,25)(H,23,27). The molecule has 0 aliphatic carbocycles. The van der Waals surface area contributed by atoms with Gasteiger partial charge in [-0.1, -0.05) is 41.4 Å². The second-order valence-corrected chi connectivity index (χ2v) is 6.92. The molecule has 27 heavy (non-hydrogen) atoms. The Balaban J connectivity index is 1.76. The van der Waals surface area contributed by atoms with Gasteiger partial charge in [-0.3, -0.25) is 14.5 Å². The van der Waals surface area contributed by atoms with Crippen molar-refractivity contribution in [1.29, 1.82) is 0 Å². The van der Waals surface area contributed by atoms with Crippen LogP contribution in [0.15, 0.2) is 42.5 Å². The average molecular weight is 390 g/mol. The van der Waals surface area contributed by atoms with E-state index in [9.17, 15) is 18.8 Å². The zero-order valence-corrected chi connectivity index (χ0v) is 15.4. The van der Waals surface area contributed by atoms with Crippen LogP contribution in [-0.2, 0) is 15.1 Å². The van der Waals surface area contributed by atoms with E-state index in [1.807, 2.05) is 19.1 Å². The Kier molecular flexibility index (Phi) is 4.89. The molecular formula is C19H17ClFN3O3. The molecule has 1 aliphatic heterocycles. The van der Waals surface area contributed by atoms with E-state index >= 15 is 0 Å². The summed E-state index contributed by atoms with van der Waals surface area (Å²) < 4.78 is 13.7. The Morgan fingerprint density at radius 3 is 2.56 bits per heavy atom. The number of nitrogens with zero attached hydrogens (tertiary/aromatic N) is 1. The lowest BCUT2D eigenvalue weighted by molar-refractivity contribution is -0.133. The van der Waals surface area contributed by atoms with Gasteiger partial charge >= 0.3 is 6.03 Å². The molecule has 0 radical (unpaired) electrons. The lowest BCUT2D eigenvalue weighted by Crippen LogP contribution is -2.42. The average Bonchev–Trinajstić information content (AvgIpc) is 2.83. The third-order valence-electron chi connectivity index (χ3n) is 4.41. The first kappa shape index (κ1) is 18.8. The van der Waals surface area contributed by atoms with Crippen LogP contribution in [0.3, 0.4) is 0 Å². The molecule has 1 saturated heterocycles. The van der Waals surface area contributed by atoms with E-state index in [1.54, 1.807) is 19.1 Å². The van der Waals surface area contributed by atoms with Crippen LogP contribution in [0.1, 0.15) is 18.1 Å². The van der Waals surface area contributed by atoms with Crippen molar-refractivity contribution >= 4 is 35.1 Å². The van der Waals surface area contributed by atoms with Crippen molar-refractivity contribution in [2.45, 2.75) is 19.4 Å². The number of carbonyl (C=O) groups excluding carboxylic acids is 3. The number of aryl methyl sites for hydroxylation is 1. The van der Waals surface area contributed by atoms with Crippen LogP contribution in [-0.4, -0.2) is 29.3 Å². The second-order valence-electron chi connectivity index (χ2n) is 6.48. The number of hydrogen-bond acceptors (Lipinski definition) is 3. The van der Waals surface area contributed by atoms with Gasteiger partial charge in [0.1, 0.15) is 17.9 Å². The molecule has 1 unspecified atom stereocenters. The van der Waals surface area contributed by atoms with E-state index in [1.165, 1.54) is 12.1 Å². The Bertz CT molecular complexity index is 932. The zero-order valence-electron chi connectivity index (χ0n) is 14.7. The highest BCUT2D eigenvalue weighted by Crippen LogP contribution is 2.29. The topological polar surface area (TPSA) is 78.5 Å². The van der Waals surface area contributed by atoms with Crippen molar-refractivity contribution in [3.05, 3.63) is 64.4 Å². The molecule has 1 aliphatic rings. The molecule has 6 nitrogen and oxygen atoms in total. The van der Waals surface area contributed by atoms with Crippen molar-refractivity contribution in [3.8, 4) is 0 Å². The summed E-state index contributed by atoms with van der Waals surface area (Å²) in [5.41, 5.74) is 0.224. The first-order valence-corrected chi connectivity index (χ1v) is 8.54. The number of imide groups is 1. The summed E-state index contributed by atoms with van der Waals surface area (Å²) in [4.78, 5) is 38.1. The predicted octanol–water partition coefficient (Wildman–Crippen LogP) is 3.19. The number of urea groups is 1. The van der Waals surface area contributed by atoms with Crippen LogP contribution in [0.5, 0.6) is 0 Å². The van der Waals surface area contributed by atoms with E-state index in [2.05, 4.69) is 10.6 Å². The fourth-order valence-electron chi connectivity index (χ4n) is 2.85. The summed E-state index contributed by atoms with van der Waals surface area (Å²) in [5, 5.41) is 5.18. The smallest absolute Gasteiger partial charge is 0.322 e. The van der Waals surface area contributed by atoms with Crippen molar-refractivity contribution in [2.24, 2.45) is 0 Å². The predicted molar refractivity (Wildman–Crippen MR) is 98.8 cm³/mol. The maximum atomic E-state index is 13.7. The van der Waals surface area contributed by atoms with Crippen LogP contribution < -0.4 is 10.6 Å². The largest absolute Gasteiger partial charge is 0.325 e. The number of anilines is 1. The number of benzene rings is 2. The molecule has 4 amide bonds. The Labute approximate surface area is 160 Å². The van der Waals surface area contributed by atoms with Gasteiger partial charge in [-0.2, -0.15) is 0 Å². The molecule has 0 bridgehead atoms. The molecule has 0 saturated carbocycles. The summed E-state index contributed by atoms with van der Waals surface area (Å²) in [7, 11) is 0. The molecule has 2 N–H and O–H groups in total. The summed E-state index contributed by atoms with van der Waals surface area (Å²) in [6.07, 6.45) is 0. The summed E-state index contributed by atoms with van der Waals surface area (Å²) >= 11 is 5.79. The first-order valence-electron chi connectivity index (χ1n) is 8.17. The summed E-state index contributed by atoms with van der Waals surface area (Å²) in [5.74, 6) is -1.94. The molecule has 2 aromatic carbocycles. The molecule has 3 rings (SSSR count). The molecule has 8 heteroatoms. The van der Waals surface area contributed by atoms with Gasteiger partial charge in [-0.15, -0.1) is 0 Å². The van der Waals surface area contributed by atoms with Gasteiger partial charge in [0, 0.05) is 5.02 Å². The van der Waals surface area contributed by atoms with Crippen molar-refractivity contribution in [3.63, 3.8) is 0 Å². The minimum Gasteiger partial charge on any atom is -0.322 e. The van der Waals surface area contributed by atoms with E-state index < -0.39 is 35.7 Å². The molecule has 0 aromatic heterocycles. The molecule has 1 fully saturated rings. The molecule has 0 spiro atoms. The highest BCUT2D eigenvalue weighted by Gasteiger charge is 2.49. The quantitative estimate of drug-likeness (QED) is 0.788. The van der Waals surface area contributed by atoms with Crippen LogP contribution in [0, 0.1) is 12.7 Å². The molecule has 1 atom stereocenters. The van der Waals surface area contributed by atoms with Crippen molar-refractivity contribution in [1.82, 2.24) is 10.2 Å². The van der Waals surface area contributed by atoms with Gasteiger partial charge in [0.2, 0.25) is 5.91 Å². The first-order chi connectivity index (χ1) is 12.7. The van der Waals surface area contributed by atoms with Gasteiger partial charge in [0.25, 0.3) is 5.91 Å². The highest BCUT2D eigenvalue weighted by atomic mass is 35.5. The Hall–Kier alpha value is -2.93.